The Balaban J connectivity index is 1.37. The molecule has 0 bridgehead atoms. The molecule has 9 heteroatoms. The summed E-state index contributed by atoms with van der Waals surface area (Å²) in [5.41, 5.74) is 4.23. The second-order valence-corrected chi connectivity index (χ2v) is 7.47. The van der Waals surface area contributed by atoms with Gasteiger partial charge < -0.3 is 13.7 Å². The average molecular weight is 454 g/mol. The van der Waals surface area contributed by atoms with Crippen LogP contribution in [0.15, 0.2) is 88.5 Å². The summed E-state index contributed by atoms with van der Waals surface area (Å²) in [6.45, 7) is 0. The number of hydrazone groups is 1. The Morgan fingerprint density at radius 1 is 1.06 bits per heavy atom. The molecule has 0 aliphatic rings. The topological polar surface area (TPSA) is 112 Å². The van der Waals surface area contributed by atoms with Crippen LogP contribution in [0.5, 0.6) is 5.75 Å². The number of non-ortho nitro benzene ring substituents is 1. The van der Waals surface area contributed by atoms with Crippen LogP contribution < -0.4 is 10.2 Å². The van der Waals surface area contributed by atoms with Crippen LogP contribution in [0.2, 0.25) is 0 Å². The number of carbonyl (C=O) groups excluding carboxylic acids is 1. The number of hydrogen-bond acceptors (Lipinski definition) is 6. The summed E-state index contributed by atoms with van der Waals surface area (Å²) >= 11 is 0. The van der Waals surface area contributed by atoms with E-state index in [1.165, 1.54) is 31.5 Å². The molecule has 0 radical (unpaired) electrons. The average Bonchev–Trinajstić information content (AvgIpc) is 3.50. The molecule has 0 fully saturated rings. The van der Waals surface area contributed by atoms with Crippen molar-refractivity contribution in [3.63, 3.8) is 0 Å². The van der Waals surface area contributed by atoms with E-state index in [1.807, 2.05) is 53.2 Å². The zero-order valence-corrected chi connectivity index (χ0v) is 18.0. The minimum absolute atomic E-state index is 0.0455. The third-order valence-corrected chi connectivity index (χ3v) is 5.38. The number of benzene rings is 3. The summed E-state index contributed by atoms with van der Waals surface area (Å²) in [6, 6.07) is 22.0. The molecule has 2 heterocycles. The van der Waals surface area contributed by atoms with Crippen LogP contribution in [0.3, 0.4) is 0 Å². The molecular formula is C25H18N4O5. The Morgan fingerprint density at radius 3 is 2.68 bits per heavy atom. The van der Waals surface area contributed by atoms with Gasteiger partial charge in [0, 0.05) is 23.3 Å². The number of nitro groups is 1. The number of fused-ring (bicyclic) bond motifs is 2. The van der Waals surface area contributed by atoms with E-state index in [0.717, 1.165) is 22.2 Å². The minimum Gasteiger partial charge on any atom is -0.493 e. The van der Waals surface area contributed by atoms with Gasteiger partial charge in [-0.25, -0.2) is 5.43 Å². The zero-order valence-electron chi connectivity index (χ0n) is 18.0. The van der Waals surface area contributed by atoms with Crippen molar-refractivity contribution in [2.24, 2.45) is 5.10 Å². The number of amides is 1. The molecule has 0 atom stereocenters. The smallest absolute Gasteiger partial charge is 0.307 e. The fourth-order valence-corrected chi connectivity index (χ4v) is 3.75. The number of nitro benzene ring substituents is 1. The molecule has 0 aliphatic heterocycles. The minimum atomic E-state index is -0.596. The first-order chi connectivity index (χ1) is 16.5. The molecule has 0 aliphatic carbocycles. The Bertz CT molecular complexity index is 1580. The lowest BCUT2D eigenvalue weighted by Gasteiger charge is -2.08. The Morgan fingerprint density at radius 2 is 1.88 bits per heavy atom. The summed E-state index contributed by atoms with van der Waals surface area (Å²) in [5, 5.41) is 17.8. The number of carbonyl (C=O) groups is 1. The number of hydrogen-bond donors (Lipinski definition) is 1. The number of aromatic nitrogens is 1. The number of nitrogens with one attached hydrogen (secondary N) is 1. The Hall–Kier alpha value is -4.92. The molecular weight excluding hydrogens is 436 g/mol. The van der Waals surface area contributed by atoms with Gasteiger partial charge in [-0.1, -0.05) is 30.3 Å². The van der Waals surface area contributed by atoms with Gasteiger partial charge in [0.25, 0.3) is 5.69 Å². The van der Waals surface area contributed by atoms with Gasteiger partial charge in [0.1, 0.15) is 0 Å². The number of ether oxygens (including phenoxy) is 1. The molecule has 2 aromatic heterocycles. The van der Waals surface area contributed by atoms with Crippen molar-refractivity contribution in [3.05, 3.63) is 101 Å². The summed E-state index contributed by atoms with van der Waals surface area (Å²) in [4.78, 5) is 23.1. The van der Waals surface area contributed by atoms with E-state index in [1.54, 1.807) is 0 Å². The highest BCUT2D eigenvalue weighted by Gasteiger charge is 2.19. The van der Waals surface area contributed by atoms with E-state index in [2.05, 4.69) is 22.7 Å². The molecule has 0 saturated carbocycles. The number of methoxy groups -OCH3 is 1. The normalized spacial score (nSPS) is 11.3. The molecule has 0 spiro atoms. The highest BCUT2D eigenvalue weighted by molar-refractivity contribution is 5.98. The maximum Gasteiger partial charge on any atom is 0.307 e. The van der Waals surface area contributed by atoms with Gasteiger partial charge in [-0.2, -0.15) is 5.10 Å². The van der Waals surface area contributed by atoms with Crippen molar-refractivity contribution in [1.29, 1.82) is 0 Å². The fourth-order valence-electron chi connectivity index (χ4n) is 3.75. The van der Waals surface area contributed by atoms with E-state index in [-0.39, 0.29) is 22.8 Å². The van der Waals surface area contributed by atoms with Crippen LogP contribution in [0.1, 0.15) is 16.2 Å². The summed E-state index contributed by atoms with van der Waals surface area (Å²) < 4.78 is 12.7. The van der Waals surface area contributed by atoms with Crippen LogP contribution in [0.4, 0.5) is 5.69 Å². The van der Waals surface area contributed by atoms with Gasteiger partial charge >= 0.3 is 5.91 Å². The Kier molecular flexibility index (Phi) is 5.27. The van der Waals surface area contributed by atoms with Gasteiger partial charge in [0.15, 0.2) is 17.1 Å². The maximum absolute atomic E-state index is 12.6. The molecule has 1 N–H and O–H groups in total. The first-order valence-corrected chi connectivity index (χ1v) is 10.3. The highest BCUT2D eigenvalue weighted by atomic mass is 16.6. The first-order valence-electron chi connectivity index (χ1n) is 10.3. The predicted octanol–water partition coefficient (Wildman–Crippen LogP) is 5.06. The Labute approximate surface area is 193 Å². The third-order valence-electron chi connectivity index (χ3n) is 5.38. The molecule has 5 rings (SSSR count). The third kappa shape index (κ3) is 3.86. The molecule has 0 saturated heterocycles. The highest BCUT2D eigenvalue weighted by Crippen LogP contribution is 2.33. The fraction of sp³-hybridized carbons (Fsp3) is 0.0400. The number of nitrogens with zero attached hydrogens (tertiary/aromatic N) is 3. The van der Waals surface area contributed by atoms with Gasteiger partial charge in [0.2, 0.25) is 0 Å². The van der Waals surface area contributed by atoms with Crippen LogP contribution in [-0.4, -0.2) is 28.7 Å². The van der Waals surface area contributed by atoms with E-state index in [0.29, 0.717) is 5.39 Å². The summed E-state index contributed by atoms with van der Waals surface area (Å²) in [7, 11) is 1.37. The number of furan rings is 1. The number of rotatable bonds is 6. The first kappa shape index (κ1) is 21.0. The lowest BCUT2D eigenvalue weighted by atomic mass is 10.1. The SMILES string of the molecule is COc1cc([N+](=O)[O-])cc2cc(C(=O)N/N=C/c3cccn3-c3ccc4ccccc4c3)oc12. The van der Waals surface area contributed by atoms with Gasteiger partial charge in [-0.05, 0) is 41.1 Å². The largest absolute Gasteiger partial charge is 0.493 e. The van der Waals surface area contributed by atoms with Crippen molar-refractivity contribution in [3.8, 4) is 11.4 Å². The zero-order chi connectivity index (χ0) is 23.7. The van der Waals surface area contributed by atoms with E-state index < -0.39 is 10.8 Å². The molecule has 5 aromatic rings. The van der Waals surface area contributed by atoms with Crippen LogP contribution >= 0.6 is 0 Å². The second kappa shape index (κ2) is 8.55. The van der Waals surface area contributed by atoms with E-state index >= 15 is 0 Å². The maximum atomic E-state index is 12.6. The van der Waals surface area contributed by atoms with Gasteiger partial charge in [-0.15, -0.1) is 0 Å². The molecule has 168 valence electrons. The van der Waals surface area contributed by atoms with Crippen LogP contribution in [0.25, 0.3) is 27.4 Å². The van der Waals surface area contributed by atoms with Crippen molar-refractivity contribution in [1.82, 2.24) is 9.99 Å². The van der Waals surface area contributed by atoms with Gasteiger partial charge in [-0.3, -0.25) is 14.9 Å². The second-order valence-electron chi connectivity index (χ2n) is 7.47. The lowest BCUT2D eigenvalue weighted by molar-refractivity contribution is -0.384. The van der Waals surface area contributed by atoms with Crippen LogP contribution in [0, 0.1) is 10.1 Å². The van der Waals surface area contributed by atoms with E-state index in [4.69, 9.17) is 9.15 Å². The lowest BCUT2D eigenvalue weighted by Crippen LogP contribution is -2.17. The van der Waals surface area contributed by atoms with Crippen LogP contribution in [-0.2, 0) is 0 Å². The quantitative estimate of drug-likeness (QED) is 0.219. The molecule has 9 nitrogen and oxygen atoms in total. The van der Waals surface area contributed by atoms with E-state index in [9.17, 15) is 14.9 Å². The standard InChI is InChI=1S/C25H18N4O5/c1-33-22-14-21(29(31)32)12-18-13-23(34-24(18)22)25(30)27-26-15-20-7-4-10-28(20)19-9-8-16-5-2-3-6-17(16)11-19/h2-15H,1H3,(H,27,30)/b26-15+. The molecule has 1 amide bonds. The predicted molar refractivity (Wildman–Crippen MR) is 128 cm³/mol. The van der Waals surface area contributed by atoms with Crippen molar-refractivity contribution in [2.75, 3.05) is 7.11 Å². The van der Waals surface area contributed by atoms with Crippen molar-refractivity contribution < 1.29 is 18.9 Å². The monoisotopic (exact) mass is 454 g/mol. The molecule has 0 unspecified atom stereocenters. The van der Waals surface area contributed by atoms with Crippen molar-refractivity contribution in [2.45, 2.75) is 0 Å². The molecule has 3 aromatic carbocycles. The van der Waals surface area contributed by atoms with Crippen molar-refractivity contribution >= 4 is 39.6 Å². The summed E-state index contributed by atoms with van der Waals surface area (Å²) in [5.74, 6) is -0.475. The molecule has 34 heavy (non-hydrogen) atoms. The summed E-state index contributed by atoms with van der Waals surface area (Å²) in [6.07, 6.45) is 3.44. The van der Waals surface area contributed by atoms with Gasteiger partial charge in [0.05, 0.1) is 30.0 Å².